The van der Waals surface area contributed by atoms with Gasteiger partial charge in [-0.3, -0.25) is 0 Å². The van der Waals surface area contributed by atoms with Crippen LogP contribution in [0.2, 0.25) is 0 Å². The van der Waals surface area contributed by atoms with E-state index in [1.165, 1.54) is 0 Å². The predicted molar refractivity (Wildman–Crippen MR) is 94.8 cm³/mol. The minimum Gasteiger partial charge on any atom is -0.497 e. The molecule has 0 saturated heterocycles. The van der Waals surface area contributed by atoms with Crippen molar-refractivity contribution in [3.63, 3.8) is 0 Å². The largest absolute Gasteiger partial charge is 0.497 e. The normalized spacial score (nSPS) is 9.79. The van der Waals surface area contributed by atoms with Crippen molar-refractivity contribution in [1.82, 2.24) is 4.57 Å². The summed E-state index contributed by atoms with van der Waals surface area (Å²) in [6.07, 6.45) is 3.61. The number of aromatic nitrogens is 1. The second-order valence-corrected chi connectivity index (χ2v) is 6.06. The van der Waals surface area contributed by atoms with Crippen LogP contribution in [0.4, 0.5) is 0 Å². The highest BCUT2D eigenvalue weighted by Gasteiger charge is 2.09. The van der Waals surface area contributed by atoms with E-state index >= 15 is 0 Å². The summed E-state index contributed by atoms with van der Waals surface area (Å²) in [5, 5.41) is 17.7. The molecule has 0 bridgehead atoms. The van der Waals surface area contributed by atoms with E-state index in [1.807, 2.05) is 66.9 Å². The van der Waals surface area contributed by atoms with E-state index in [0.717, 1.165) is 26.9 Å². The highest BCUT2D eigenvalue weighted by atomic mass is 32.1. The highest BCUT2D eigenvalue weighted by molar-refractivity contribution is 7.16. The van der Waals surface area contributed by atoms with Gasteiger partial charge in [-0.05, 0) is 54.6 Å². The highest BCUT2D eigenvalue weighted by Crippen LogP contribution is 2.31. The van der Waals surface area contributed by atoms with Gasteiger partial charge >= 0.3 is 0 Å². The Labute approximate surface area is 144 Å². The number of allylic oxidation sites excluding steroid dienone is 1. The summed E-state index contributed by atoms with van der Waals surface area (Å²) in [5.41, 5.74) is 2.20. The third-order valence-corrected chi connectivity index (χ3v) is 4.56. The van der Waals surface area contributed by atoms with E-state index in [9.17, 15) is 0 Å². The van der Waals surface area contributed by atoms with E-state index < -0.39 is 0 Å². The minimum absolute atomic E-state index is 0.105. The van der Waals surface area contributed by atoms with Crippen LogP contribution in [0.25, 0.3) is 22.3 Å². The van der Waals surface area contributed by atoms with Gasteiger partial charge in [0.1, 0.15) is 23.5 Å². The number of ether oxygens (including phenoxy) is 1. The van der Waals surface area contributed by atoms with Gasteiger partial charge in [-0.2, -0.15) is 10.5 Å². The van der Waals surface area contributed by atoms with Crippen molar-refractivity contribution in [3.8, 4) is 34.1 Å². The van der Waals surface area contributed by atoms with Gasteiger partial charge in [0.2, 0.25) is 0 Å². The van der Waals surface area contributed by atoms with E-state index in [1.54, 1.807) is 24.5 Å². The van der Waals surface area contributed by atoms with Gasteiger partial charge in [0.15, 0.2) is 0 Å². The van der Waals surface area contributed by atoms with Crippen molar-refractivity contribution in [2.75, 3.05) is 7.11 Å². The van der Waals surface area contributed by atoms with Gasteiger partial charge < -0.3 is 9.30 Å². The van der Waals surface area contributed by atoms with E-state index in [0.29, 0.717) is 0 Å². The monoisotopic (exact) mass is 331 g/mol. The Bertz CT molecular complexity index is 949. The van der Waals surface area contributed by atoms with Crippen LogP contribution >= 0.6 is 11.3 Å². The van der Waals surface area contributed by atoms with Gasteiger partial charge in [-0.15, -0.1) is 11.3 Å². The smallest absolute Gasteiger partial charge is 0.131 e. The zero-order chi connectivity index (χ0) is 16.9. The van der Waals surface area contributed by atoms with Crippen LogP contribution in [0, 0.1) is 22.7 Å². The van der Waals surface area contributed by atoms with Crippen molar-refractivity contribution in [2.24, 2.45) is 0 Å². The SMILES string of the molecule is COc1ccc(-n2cccc2-c2ccc(C=C(C#N)C#N)s2)cc1. The average molecular weight is 331 g/mol. The Kier molecular flexibility index (Phi) is 4.47. The molecule has 0 fully saturated rings. The van der Waals surface area contributed by atoms with Crippen molar-refractivity contribution in [1.29, 1.82) is 10.5 Å². The number of nitrogens with zero attached hydrogens (tertiary/aromatic N) is 3. The third kappa shape index (κ3) is 3.08. The van der Waals surface area contributed by atoms with Crippen LogP contribution in [0.1, 0.15) is 4.88 Å². The number of hydrogen-bond acceptors (Lipinski definition) is 4. The molecular formula is C19H13N3OS. The van der Waals surface area contributed by atoms with Crippen LogP contribution in [0.15, 0.2) is 60.3 Å². The number of thiophene rings is 1. The number of hydrogen-bond donors (Lipinski definition) is 0. The first-order valence-electron chi connectivity index (χ1n) is 7.19. The number of rotatable bonds is 4. The summed E-state index contributed by atoms with van der Waals surface area (Å²) < 4.78 is 7.29. The van der Waals surface area contributed by atoms with Gasteiger partial charge in [0, 0.05) is 16.8 Å². The fourth-order valence-corrected chi connectivity index (χ4v) is 3.32. The topological polar surface area (TPSA) is 61.7 Å². The lowest BCUT2D eigenvalue weighted by molar-refractivity contribution is 0.415. The van der Waals surface area contributed by atoms with E-state index in [-0.39, 0.29) is 5.57 Å². The summed E-state index contributed by atoms with van der Waals surface area (Å²) >= 11 is 1.54. The lowest BCUT2D eigenvalue weighted by atomic mass is 10.2. The molecule has 116 valence electrons. The Morgan fingerprint density at radius 2 is 1.83 bits per heavy atom. The molecule has 0 aliphatic heterocycles. The molecule has 0 aliphatic rings. The molecule has 3 aromatic rings. The lowest BCUT2D eigenvalue weighted by Gasteiger charge is -2.09. The van der Waals surface area contributed by atoms with E-state index in [4.69, 9.17) is 15.3 Å². The Balaban J connectivity index is 1.96. The first-order valence-corrected chi connectivity index (χ1v) is 8.00. The van der Waals surface area contributed by atoms with Gasteiger partial charge in [-0.1, -0.05) is 0 Å². The zero-order valence-corrected chi connectivity index (χ0v) is 13.7. The molecule has 0 unspecified atom stereocenters. The van der Waals surface area contributed by atoms with Crippen LogP contribution in [0.3, 0.4) is 0 Å². The Morgan fingerprint density at radius 1 is 1.08 bits per heavy atom. The maximum Gasteiger partial charge on any atom is 0.131 e. The second kappa shape index (κ2) is 6.87. The molecule has 2 aromatic heterocycles. The second-order valence-electron chi connectivity index (χ2n) is 4.95. The number of methoxy groups -OCH3 is 1. The lowest BCUT2D eigenvalue weighted by Crippen LogP contribution is -1.94. The molecule has 2 heterocycles. The molecule has 0 spiro atoms. The van der Waals surface area contributed by atoms with Gasteiger partial charge in [0.25, 0.3) is 0 Å². The number of nitriles is 2. The minimum atomic E-state index is 0.105. The first kappa shape index (κ1) is 15.6. The molecule has 0 radical (unpaired) electrons. The maximum atomic E-state index is 8.86. The maximum absolute atomic E-state index is 8.86. The molecule has 24 heavy (non-hydrogen) atoms. The molecule has 0 N–H and O–H groups in total. The molecule has 3 rings (SSSR count). The molecule has 0 amide bonds. The Morgan fingerprint density at radius 3 is 2.50 bits per heavy atom. The quantitative estimate of drug-likeness (QED) is 0.654. The standard InChI is InChI=1S/C19H13N3OS/c1-23-16-6-4-15(5-7-16)22-10-2-3-18(22)19-9-8-17(24-19)11-14(12-20)13-21/h2-11H,1H3. The molecule has 4 nitrogen and oxygen atoms in total. The molecule has 0 saturated carbocycles. The number of benzene rings is 1. The summed E-state index contributed by atoms with van der Waals surface area (Å²) in [6, 6.07) is 19.6. The van der Waals surface area contributed by atoms with Crippen molar-refractivity contribution in [2.45, 2.75) is 0 Å². The molecule has 0 aliphatic carbocycles. The molecule has 5 heteroatoms. The van der Waals surface area contributed by atoms with Crippen molar-refractivity contribution >= 4 is 17.4 Å². The summed E-state index contributed by atoms with van der Waals surface area (Å²) in [4.78, 5) is 1.95. The van der Waals surface area contributed by atoms with E-state index in [2.05, 4.69) is 4.57 Å². The summed E-state index contributed by atoms with van der Waals surface area (Å²) in [7, 11) is 1.65. The van der Waals surface area contributed by atoms with Gasteiger partial charge in [0.05, 0.1) is 17.7 Å². The molecule has 0 atom stereocenters. The van der Waals surface area contributed by atoms with Crippen molar-refractivity contribution in [3.05, 3.63) is 65.2 Å². The Hall–Kier alpha value is -3.28. The van der Waals surface area contributed by atoms with Crippen LogP contribution < -0.4 is 4.74 Å². The summed E-state index contributed by atoms with van der Waals surface area (Å²) in [5.74, 6) is 0.816. The molecule has 1 aromatic carbocycles. The molecular weight excluding hydrogens is 318 g/mol. The van der Waals surface area contributed by atoms with Crippen LogP contribution in [-0.4, -0.2) is 11.7 Å². The zero-order valence-electron chi connectivity index (χ0n) is 12.9. The van der Waals surface area contributed by atoms with Crippen LogP contribution in [0.5, 0.6) is 5.75 Å². The summed E-state index contributed by atoms with van der Waals surface area (Å²) in [6.45, 7) is 0. The fraction of sp³-hybridized carbons (Fsp3) is 0.0526. The van der Waals surface area contributed by atoms with Crippen LogP contribution in [-0.2, 0) is 0 Å². The van der Waals surface area contributed by atoms with Crippen molar-refractivity contribution < 1.29 is 4.74 Å². The predicted octanol–water partition coefficient (Wildman–Crippen LogP) is 4.64. The van der Waals surface area contributed by atoms with Gasteiger partial charge in [-0.25, -0.2) is 0 Å². The average Bonchev–Trinajstić information content (AvgIpc) is 3.28. The third-order valence-electron chi connectivity index (χ3n) is 3.51. The first-order chi connectivity index (χ1) is 11.7. The fourth-order valence-electron chi connectivity index (χ4n) is 2.35.